The maximum atomic E-state index is 10.7. The summed E-state index contributed by atoms with van der Waals surface area (Å²) in [5, 5.41) is 35.4. The first-order valence-corrected chi connectivity index (χ1v) is 9.29. The van der Waals surface area contributed by atoms with Crippen LogP contribution in [0.5, 0.6) is 0 Å². The summed E-state index contributed by atoms with van der Waals surface area (Å²) in [7, 11) is 0. The molecule has 2 aromatic rings. The molecule has 0 saturated carbocycles. The average Bonchev–Trinajstić information content (AvgIpc) is 2.96. The van der Waals surface area contributed by atoms with Gasteiger partial charge >= 0.3 is 0 Å². The van der Waals surface area contributed by atoms with Gasteiger partial charge in [0.25, 0.3) is 0 Å². The number of ether oxygens (including phenoxy) is 1. The van der Waals surface area contributed by atoms with Crippen LogP contribution in [-0.2, 0) is 4.74 Å². The Kier molecular flexibility index (Phi) is 5.86. The van der Waals surface area contributed by atoms with Crippen LogP contribution in [0.1, 0.15) is 6.04 Å². The van der Waals surface area contributed by atoms with Gasteiger partial charge in [-0.25, -0.2) is 0 Å². The van der Waals surface area contributed by atoms with E-state index in [1.807, 2.05) is 6.07 Å². The SMILES string of the molecule is OCC1O[C@H](Sc2cccc(Cl)c2)C(O)[C@@H](n2cc(Br)cn2)[C@H]1O. The number of benzene rings is 1. The van der Waals surface area contributed by atoms with Crippen LogP contribution >= 0.6 is 39.3 Å². The highest BCUT2D eigenvalue weighted by molar-refractivity contribution is 9.10. The summed E-state index contributed by atoms with van der Waals surface area (Å²) in [6, 6.07) is 6.44. The highest BCUT2D eigenvalue weighted by Gasteiger charge is 2.46. The third-order valence-electron chi connectivity index (χ3n) is 3.77. The fraction of sp³-hybridized carbons (Fsp3) is 0.400. The number of hydrogen-bond donors (Lipinski definition) is 3. The first-order chi connectivity index (χ1) is 11.5. The quantitative estimate of drug-likeness (QED) is 0.681. The molecule has 1 aliphatic rings. The largest absolute Gasteiger partial charge is 0.394 e. The van der Waals surface area contributed by atoms with Crippen LogP contribution in [0.25, 0.3) is 0 Å². The van der Waals surface area contributed by atoms with Gasteiger partial charge in [-0.1, -0.05) is 29.4 Å². The van der Waals surface area contributed by atoms with Crippen LogP contribution in [0, 0.1) is 0 Å². The van der Waals surface area contributed by atoms with Crippen LogP contribution in [0.15, 0.2) is 46.0 Å². The van der Waals surface area contributed by atoms with E-state index >= 15 is 0 Å². The van der Waals surface area contributed by atoms with Crippen molar-refractivity contribution in [3.63, 3.8) is 0 Å². The Balaban J connectivity index is 1.86. The van der Waals surface area contributed by atoms with Crippen molar-refractivity contribution >= 4 is 39.3 Å². The Bertz CT molecular complexity index is 704. The number of aromatic nitrogens is 2. The van der Waals surface area contributed by atoms with Crippen molar-refractivity contribution < 1.29 is 20.1 Å². The zero-order valence-electron chi connectivity index (χ0n) is 12.4. The molecule has 0 amide bonds. The number of nitrogens with zero attached hydrogens (tertiary/aromatic N) is 2. The second-order valence-corrected chi connectivity index (χ2v) is 7.93. The van der Waals surface area contributed by atoms with Gasteiger partial charge in [-0.15, -0.1) is 0 Å². The van der Waals surface area contributed by atoms with E-state index in [-0.39, 0.29) is 6.61 Å². The molecule has 9 heteroatoms. The minimum atomic E-state index is -1.09. The Hall–Kier alpha value is -0.610. The summed E-state index contributed by atoms with van der Waals surface area (Å²) >= 11 is 10.6. The van der Waals surface area contributed by atoms with Crippen LogP contribution in [0.3, 0.4) is 0 Å². The van der Waals surface area contributed by atoms with Gasteiger partial charge in [0, 0.05) is 16.1 Å². The third kappa shape index (κ3) is 3.80. The minimum Gasteiger partial charge on any atom is -0.394 e. The van der Waals surface area contributed by atoms with E-state index in [0.717, 1.165) is 9.37 Å². The van der Waals surface area contributed by atoms with Crippen molar-refractivity contribution in [3.8, 4) is 0 Å². The third-order valence-corrected chi connectivity index (χ3v) is 5.57. The molecule has 130 valence electrons. The molecule has 1 aromatic carbocycles. The average molecular weight is 436 g/mol. The molecule has 2 heterocycles. The molecule has 3 rings (SSSR count). The molecule has 1 aromatic heterocycles. The molecule has 0 bridgehead atoms. The van der Waals surface area contributed by atoms with Crippen molar-refractivity contribution in [1.82, 2.24) is 9.78 Å². The number of halogens is 2. The van der Waals surface area contributed by atoms with Crippen molar-refractivity contribution in [3.05, 3.63) is 46.2 Å². The number of rotatable bonds is 4. The Labute approximate surface area is 156 Å². The maximum Gasteiger partial charge on any atom is 0.136 e. The number of aliphatic hydroxyl groups is 3. The van der Waals surface area contributed by atoms with Crippen LogP contribution < -0.4 is 0 Å². The fourth-order valence-corrected chi connectivity index (χ4v) is 4.31. The zero-order valence-corrected chi connectivity index (χ0v) is 15.5. The lowest BCUT2D eigenvalue weighted by Crippen LogP contribution is -2.54. The number of hydrogen-bond acceptors (Lipinski definition) is 6. The van der Waals surface area contributed by atoms with E-state index in [0.29, 0.717) is 5.02 Å². The van der Waals surface area contributed by atoms with E-state index in [1.165, 1.54) is 16.4 Å². The topological polar surface area (TPSA) is 87.7 Å². The van der Waals surface area contributed by atoms with Gasteiger partial charge in [0.1, 0.15) is 29.8 Å². The molecule has 2 unspecified atom stereocenters. The lowest BCUT2D eigenvalue weighted by molar-refractivity contribution is -0.178. The second kappa shape index (κ2) is 7.74. The second-order valence-electron chi connectivity index (χ2n) is 5.41. The first kappa shape index (κ1) is 18.2. The normalized spacial score (nSPS) is 30.5. The predicted molar refractivity (Wildman–Crippen MR) is 94.0 cm³/mol. The zero-order chi connectivity index (χ0) is 17.3. The molecule has 5 atom stereocenters. The molecular formula is C15H16BrClN2O4S. The van der Waals surface area contributed by atoms with Gasteiger partial charge in [0.2, 0.25) is 0 Å². The summed E-state index contributed by atoms with van der Waals surface area (Å²) in [5.41, 5.74) is -0.683. The van der Waals surface area contributed by atoms with E-state index < -0.39 is 29.8 Å². The van der Waals surface area contributed by atoms with E-state index in [9.17, 15) is 15.3 Å². The summed E-state index contributed by atoms with van der Waals surface area (Å²) in [5.74, 6) is 0. The Morgan fingerprint density at radius 1 is 1.33 bits per heavy atom. The summed E-state index contributed by atoms with van der Waals surface area (Å²) < 4.78 is 7.89. The van der Waals surface area contributed by atoms with Gasteiger partial charge in [-0.05, 0) is 34.1 Å². The molecule has 1 saturated heterocycles. The summed E-state index contributed by atoms with van der Waals surface area (Å²) in [6.07, 6.45) is 0.296. The number of thioether (sulfide) groups is 1. The lowest BCUT2D eigenvalue weighted by atomic mass is 9.97. The fourth-order valence-electron chi connectivity index (χ4n) is 2.63. The molecule has 0 aliphatic carbocycles. The van der Waals surface area contributed by atoms with E-state index in [2.05, 4.69) is 21.0 Å². The van der Waals surface area contributed by atoms with Crippen LogP contribution in [-0.4, -0.2) is 55.5 Å². The van der Waals surface area contributed by atoms with Gasteiger partial charge in [0.15, 0.2) is 0 Å². The minimum absolute atomic E-state index is 0.362. The van der Waals surface area contributed by atoms with Gasteiger partial charge in [-0.3, -0.25) is 4.68 Å². The number of aliphatic hydroxyl groups excluding tert-OH is 3. The molecule has 6 nitrogen and oxygen atoms in total. The van der Waals surface area contributed by atoms with Crippen molar-refractivity contribution in [1.29, 1.82) is 0 Å². The Morgan fingerprint density at radius 3 is 2.75 bits per heavy atom. The van der Waals surface area contributed by atoms with Crippen molar-refractivity contribution in [2.45, 2.75) is 34.7 Å². The summed E-state index contributed by atoms with van der Waals surface area (Å²) in [4.78, 5) is 0.819. The highest BCUT2D eigenvalue weighted by atomic mass is 79.9. The highest BCUT2D eigenvalue weighted by Crippen LogP contribution is 2.38. The maximum absolute atomic E-state index is 10.7. The van der Waals surface area contributed by atoms with Crippen molar-refractivity contribution in [2.75, 3.05) is 6.61 Å². The Morgan fingerprint density at radius 2 is 2.12 bits per heavy atom. The molecule has 1 aliphatic heterocycles. The lowest BCUT2D eigenvalue weighted by Gasteiger charge is -2.42. The van der Waals surface area contributed by atoms with Crippen LogP contribution in [0.4, 0.5) is 0 Å². The standard InChI is InChI=1S/C15H16BrClN2O4S/c16-8-5-18-19(6-8)12-13(21)11(7-20)23-15(14(12)22)24-10-3-1-2-9(17)4-10/h1-6,11-15,20-22H,7H2/t11?,12-,13-,14?,15+/m0/s1. The summed E-state index contributed by atoms with van der Waals surface area (Å²) in [6.45, 7) is -0.362. The van der Waals surface area contributed by atoms with Crippen LogP contribution in [0.2, 0.25) is 5.02 Å². The molecule has 24 heavy (non-hydrogen) atoms. The molecule has 0 spiro atoms. The van der Waals surface area contributed by atoms with Gasteiger partial charge in [-0.2, -0.15) is 5.10 Å². The molecule has 0 radical (unpaired) electrons. The van der Waals surface area contributed by atoms with E-state index in [1.54, 1.807) is 30.6 Å². The van der Waals surface area contributed by atoms with E-state index in [4.69, 9.17) is 16.3 Å². The smallest absolute Gasteiger partial charge is 0.136 e. The molecule has 3 N–H and O–H groups in total. The monoisotopic (exact) mass is 434 g/mol. The first-order valence-electron chi connectivity index (χ1n) is 7.24. The molecular weight excluding hydrogens is 420 g/mol. The molecule has 1 fully saturated rings. The van der Waals surface area contributed by atoms with Gasteiger partial charge < -0.3 is 20.1 Å². The van der Waals surface area contributed by atoms with Crippen molar-refractivity contribution in [2.24, 2.45) is 0 Å². The predicted octanol–water partition coefficient (Wildman–Crippen LogP) is 2.07. The van der Waals surface area contributed by atoms with Gasteiger partial charge in [0.05, 0.1) is 17.3 Å².